The van der Waals surface area contributed by atoms with Crippen LogP contribution in [0.25, 0.3) is 0 Å². The zero-order chi connectivity index (χ0) is 7.40. The summed E-state index contributed by atoms with van der Waals surface area (Å²) in [5.41, 5.74) is 1.51. The van der Waals surface area contributed by atoms with Crippen LogP contribution in [0.2, 0.25) is 0 Å². The number of rotatable bonds is 2. The predicted octanol–water partition coefficient (Wildman–Crippen LogP) is -0.866. The van der Waals surface area contributed by atoms with E-state index >= 15 is 0 Å². The third-order valence-electron chi connectivity index (χ3n) is 1.50. The van der Waals surface area contributed by atoms with Crippen LogP contribution in [0.4, 0.5) is 0 Å². The van der Waals surface area contributed by atoms with Crippen LogP contribution in [0.1, 0.15) is 19.8 Å². The number of hydrogen-bond acceptors (Lipinski definition) is 1. The molecule has 1 heterocycles. The van der Waals surface area contributed by atoms with Gasteiger partial charge < -0.3 is 0 Å². The van der Waals surface area contributed by atoms with Crippen molar-refractivity contribution in [1.82, 2.24) is 4.90 Å². The molecule has 0 atom stereocenters. The number of nitrogens with zero attached hydrogens (tertiary/aromatic N) is 1. The summed E-state index contributed by atoms with van der Waals surface area (Å²) in [5, 5.41) is 0. The van der Waals surface area contributed by atoms with Gasteiger partial charge in [0.05, 0.1) is 0 Å². The molecule has 0 saturated carbocycles. The summed E-state index contributed by atoms with van der Waals surface area (Å²) in [6, 6.07) is 0. The number of allylic oxidation sites excluding steroid dienone is 1. The van der Waals surface area contributed by atoms with Gasteiger partial charge in [0, 0.05) is 0 Å². The van der Waals surface area contributed by atoms with E-state index in [1.54, 1.807) is 0 Å². The van der Waals surface area contributed by atoms with Crippen molar-refractivity contribution < 1.29 is 21.2 Å². The van der Waals surface area contributed by atoms with E-state index in [4.69, 9.17) is 0 Å². The Balaban J connectivity index is 2.49. The first-order valence-electron chi connectivity index (χ1n) is 3.55. The Hall–Kier alpha value is 0.01000. The Morgan fingerprint density at radius 3 is 3.00 bits per heavy atom. The molecule has 1 nitrogen and oxygen atoms in total. The number of halogens is 1. The fourth-order valence-corrected chi connectivity index (χ4v) is 2.93. The van der Waals surface area contributed by atoms with E-state index < -0.39 is 0 Å². The van der Waals surface area contributed by atoms with Crippen molar-refractivity contribution in [2.45, 2.75) is 19.8 Å². The molecule has 10 heavy (non-hydrogen) atoms. The molecule has 0 aromatic heterocycles. The van der Waals surface area contributed by atoms with Crippen LogP contribution in [0.15, 0.2) is 20.1 Å². The molecule has 0 saturated heterocycles. The zero-order valence-electron chi connectivity index (χ0n) is 6.47. The Morgan fingerprint density at radius 1 is 1.60 bits per heavy atom. The minimum atomic E-state index is 0.251. The molecule has 0 aromatic carbocycles. The van der Waals surface area contributed by atoms with Gasteiger partial charge in [-0.15, -0.1) is 0 Å². The Morgan fingerprint density at radius 2 is 2.40 bits per heavy atom. The Labute approximate surface area is 73.1 Å². The third-order valence-corrected chi connectivity index (χ3v) is 3.32. The quantitative estimate of drug-likeness (QED) is 0.576. The molecule has 0 aliphatic carbocycles. The molecule has 0 aromatic rings. The summed E-state index contributed by atoms with van der Waals surface area (Å²) in [6.45, 7) is 2.23. The molecule has 2 heteroatoms. The van der Waals surface area contributed by atoms with Crippen molar-refractivity contribution >= 4 is 0 Å². The van der Waals surface area contributed by atoms with Crippen LogP contribution in [-0.2, 0) is 0 Å². The van der Waals surface area contributed by atoms with Gasteiger partial charge in [0.2, 0.25) is 0 Å². The molecule has 0 N–H and O–H groups in total. The van der Waals surface area contributed by atoms with E-state index in [0.717, 1.165) is 0 Å². The molecule has 0 spiro atoms. The van der Waals surface area contributed by atoms with Crippen molar-refractivity contribution in [2.24, 2.45) is 0 Å². The van der Waals surface area contributed by atoms with E-state index in [1.807, 2.05) is 0 Å². The third kappa shape index (κ3) is 2.01. The SMILES string of the molecule is CCCC1=C[I-]C=CN1C. The molecule has 1 rings (SSSR count). The molecular weight excluding hydrogens is 237 g/mol. The second kappa shape index (κ2) is 4.01. The molecule has 1 aliphatic heterocycles. The van der Waals surface area contributed by atoms with E-state index in [0.29, 0.717) is 0 Å². The first-order chi connectivity index (χ1) is 4.84. The summed E-state index contributed by atoms with van der Waals surface area (Å²) in [4.78, 5) is 2.23. The molecule has 0 radical (unpaired) electrons. The van der Waals surface area contributed by atoms with Gasteiger partial charge >= 0.3 is 73.0 Å². The fourth-order valence-electron chi connectivity index (χ4n) is 0.886. The summed E-state index contributed by atoms with van der Waals surface area (Å²) >= 11 is 0.251. The van der Waals surface area contributed by atoms with Gasteiger partial charge in [0.15, 0.2) is 0 Å². The standard InChI is InChI=1S/C8H13IN/c1-3-4-8-7-9-5-6-10(8)2/h5-7H,3-4H2,1-2H3/q-1. The monoisotopic (exact) mass is 250 g/mol. The van der Waals surface area contributed by atoms with Crippen LogP contribution in [-0.4, -0.2) is 11.9 Å². The van der Waals surface area contributed by atoms with Crippen molar-refractivity contribution in [1.29, 1.82) is 0 Å². The maximum atomic E-state index is 2.41. The first-order valence-corrected chi connectivity index (χ1v) is 6.04. The van der Waals surface area contributed by atoms with Gasteiger partial charge in [-0.25, -0.2) is 0 Å². The average Bonchev–Trinajstić information content (AvgIpc) is 1.94. The van der Waals surface area contributed by atoms with E-state index in [-0.39, 0.29) is 21.2 Å². The van der Waals surface area contributed by atoms with Crippen LogP contribution < -0.4 is 21.2 Å². The molecule has 0 fully saturated rings. The number of hydrogen-bond donors (Lipinski definition) is 0. The summed E-state index contributed by atoms with van der Waals surface area (Å²) in [5.74, 6) is 0. The summed E-state index contributed by atoms with van der Waals surface area (Å²) < 4.78 is 4.69. The normalized spacial score (nSPS) is 18.2. The molecule has 0 bridgehead atoms. The molecule has 58 valence electrons. The van der Waals surface area contributed by atoms with Gasteiger partial charge in [-0.1, -0.05) is 0 Å². The minimum absolute atomic E-state index is 0.251. The van der Waals surface area contributed by atoms with E-state index in [9.17, 15) is 0 Å². The van der Waals surface area contributed by atoms with Gasteiger partial charge in [0.1, 0.15) is 0 Å². The Bertz CT molecular complexity index is 161. The van der Waals surface area contributed by atoms with Gasteiger partial charge in [-0.05, 0) is 0 Å². The fraction of sp³-hybridized carbons (Fsp3) is 0.500. The van der Waals surface area contributed by atoms with Gasteiger partial charge in [-0.3, -0.25) is 0 Å². The van der Waals surface area contributed by atoms with E-state index in [2.05, 4.69) is 33.2 Å². The van der Waals surface area contributed by atoms with Crippen LogP contribution >= 0.6 is 0 Å². The topological polar surface area (TPSA) is 3.24 Å². The second-order valence-corrected chi connectivity index (χ2v) is 4.42. The van der Waals surface area contributed by atoms with Crippen molar-refractivity contribution in [2.75, 3.05) is 7.05 Å². The average molecular weight is 250 g/mol. The molecule has 0 amide bonds. The molecule has 1 aliphatic rings. The molecule has 0 unspecified atom stereocenters. The van der Waals surface area contributed by atoms with Gasteiger partial charge in [-0.2, -0.15) is 0 Å². The summed E-state index contributed by atoms with van der Waals surface area (Å²) in [7, 11) is 2.13. The maximum absolute atomic E-state index is 2.41. The van der Waals surface area contributed by atoms with Crippen molar-refractivity contribution in [3.8, 4) is 0 Å². The first kappa shape index (κ1) is 8.11. The van der Waals surface area contributed by atoms with Crippen molar-refractivity contribution in [3.63, 3.8) is 0 Å². The Kier molecular flexibility index (Phi) is 3.25. The van der Waals surface area contributed by atoms with Crippen LogP contribution in [0.5, 0.6) is 0 Å². The molecular formula is C8H13IN-. The second-order valence-electron chi connectivity index (χ2n) is 2.36. The predicted molar refractivity (Wildman–Crippen MR) is 39.9 cm³/mol. The van der Waals surface area contributed by atoms with Crippen molar-refractivity contribution in [3.05, 3.63) is 20.1 Å². The van der Waals surface area contributed by atoms with E-state index in [1.165, 1.54) is 18.5 Å². The van der Waals surface area contributed by atoms with Crippen LogP contribution in [0.3, 0.4) is 0 Å². The zero-order valence-corrected chi connectivity index (χ0v) is 8.63. The van der Waals surface area contributed by atoms with Gasteiger partial charge in [0.25, 0.3) is 0 Å². The summed E-state index contributed by atoms with van der Waals surface area (Å²) in [6.07, 6.45) is 4.69. The van der Waals surface area contributed by atoms with Crippen LogP contribution in [0, 0.1) is 0 Å².